The van der Waals surface area contributed by atoms with Gasteiger partial charge in [-0.1, -0.05) is 6.07 Å². The van der Waals surface area contributed by atoms with Gasteiger partial charge in [0.2, 0.25) is 0 Å². The molecule has 1 amide bonds. The van der Waals surface area contributed by atoms with Gasteiger partial charge in [0, 0.05) is 42.9 Å². The van der Waals surface area contributed by atoms with Gasteiger partial charge in [0.1, 0.15) is 0 Å². The van der Waals surface area contributed by atoms with Crippen molar-refractivity contribution < 1.29 is 4.79 Å². The lowest BCUT2D eigenvalue weighted by atomic mass is 10.2. The van der Waals surface area contributed by atoms with Crippen molar-refractivity contribution in [2.75, 3.05) is 24.3 Å². The Morgan fingerprint density at radius 1 is 1.21 bits per heavy atom. The Morgan fingerprint density at radius 2 is 2.00 bits per heavy atom. The minimum atomic E-state index is -0.124. The van der Waals surface area contributed by atoms with Gasteiger partial charge < -0.3 is 10.2 Å². The van der Waals surface area contributed by atoms with Crippen LogP contribution >= 0.6 is 0 Å². The van der Waals surface area contributed by atoms with Crippen molar-refractivity contribution in [3.8, 4) is 0 Å². The zero-order valence-corrected chi connectivity index (χ0v) is 11.3. The highest BCUT2D eigenvalue weighted by Crippen LogP contribution is 2.18. The third-order valence-electron chi connectivity index (χ3n) is 2.78. The number of nitrogens with one attached hydrogen (secondary N) is 1. The highest BCUT2D eigenvalue weighted by molar-refractivity contribution is 6.04. The minimum absolute atomic E-state index is 0.124. The number of amides is 1. The summed E-state index contributed by atoms with van der Waals surface area (Å²) in [5.41, 5.74) is 3.27. The summed E-state index contributed by atoms with van der Waals surface area (Å²) < 4.78 is 0. The number of rotatable bonds is 3. The molecule has 0 bridgehead atoms. The normalized spacial score (nSPS) is 10.1. The zero-order chi connectivity index (χ0) is 13.8. The first-order valence-electron chi connectivity index (χ1n) is 6.07. The molecular weight excluding hydrogens is 238 g/mol. The van der Waals surface area contributed by atoms with E-state index in [0.717, 1.165) is 17.1 Å². The van der Waals surface area contributed by atoms with Gasteiger partial charge in [-0.05, 0) is 37.3 Å². The summed E-state index contributed by atoms with van der Waals surface area (Å²) in [5, 5.41) is 2.89. The standard InChI is InChI=1S/C15H17N3O/c1-11-9-12(7-8-16-11)15(19)17-13-5-4-6-14(10-13)18(2)3/h4-10H,1-3H3,(H,17,19). The fourth-order valence-corrected chi connectivity index (χ4v) is 1.75. The average molecular weight is 255 g/mol. The number of hydrogen-bond acceptors (Lipinski definition) is 3. The van der Waals surface area contributed by atoms with Gasteiger partial charge in [-0.15, -0.1) is 0 Å². The Hall–Kier alpha value is -2.36. The van der Waals surface area contributed by atoms with Gasteiger partial charge in [-0.2, -0.15) is 0 Å². The van der Waals surface area contributed by atoms with E-state index >= 15 is 0 Å². The molecule has 4 nitrogen and oxygen atoms in total. The molecule has 1 heterocycles. The Morgan fingerprint density at radius 3 is 2.68 bits per heavy atom. The second-order valence-electron chi connectivity index (χ2n) is 4.58. The lowest BCUT2D eigenvalue weighted by molar-refractivity contribution is 0.102. The van der Waals surface area contributed by atoms with E-state index in [9.17, 15) is 4.79 Å². The van der Waals surface area contributed by atoms with Crippen LogP contribution in [0.2, 0.25) is 0 Å². The Balaban J connectivity index is 2.17. The number of hydrogen-bond donors (Lipinski definition) is 1. The van der Waals surface area contributed by atoms with Crippen LogP contribution < -0.4 is 10.2 Å². The molecule has 1 aromatic carbocycles. The molecule has 2 rings (SSSR count). The van der Waals surface area contributed by atoms with Gasteiger partial charge in [0.25, 0.3) is 5.91 Å². The monoisotopic (exact) mass is 255 g/mol. The number of aryl methyl sites for hydroxylation is 1. The highest BCUT2D eigenvalue weighted by atomic mass is 16.1. The molecule has 0 aliphatic heterocycles. The van der Waals surface area contributed by atoms with E-state index in [2.05, 4.69) is 10.3 Å². The lowest BCUT2D eigenvalue weighted by Gasteiger charge is -2.14. The number of aromatic nitrogens is 1. The topological polar surface area (TPSA) is 45.2 Å². The van der Waals surface area contributed by atoms with Crippen LogP contribution in [0.3, 0.4) is 0 Å². The Labute approximate surface area is 113 Å². The number of anilines is 2. The van der Waals surface area contributed by atoms with Gasteiger partial charge in [-0.25, -0.2) is 0 Å². The highest BCUT2D eigenvalue weighted by Gasteiger charge is 2.07. The predicted molar refractivity (Wildman–Crippen MR) is 77.7 cm³/mol. The first-order chi connectivity index (χ1) is 9.06. The summed E-state index contributed by atoms with van der Waals surface area (Å²) in [6.45, 7) is 1.86. The van der Waals surface area contributed by atoms with E-state index in [1.165, 1.54) is 0 Å². The van der Waals surface area contributed by atoms with Crippen LogP contribution in [0, 0.1) is 6.92 Å². The maximum atomic E-state index is 12.1. The molecule has 0 unspecified atom stereocenters. The van der Waals surface area contributed by atoms with Crippen molar-refractivity contribution in [3.05, 3.63) is 53.9 Å². The first kappa shape index (κ1) is 13.1. The first-order valence-corrected chi connectivity index (χ1v) is 6.07. The van der Waals surface area contributed by atoms with Gasteiger partial charge in [0.15, 0.2) is 0 Å². The summed E-state index contributed by atoms with van der Waals surface area (Å²) in [6.07, 6.45) is 1.64. The summed E-state index contributed by atoms with van der Waals surface area (Å²) in [7, 11) is 3.93. The van der Waals surface area contributed by atoms with Crippen LogP contribution in [-0.4, -0.2) is 25.0 Å². The minimum Gasteiger partial charge on any atom is -0.378 e. The van der Waals surface area contributed by atoms with E-state index < -0.39 is 0 Å². The summed E-state index contributed by atoms with van der Waals surface area (Å²) in [4.78, 5) is 18.2. The fraction of sp³-hybridized carbons (Fsp3) is 0.200. The van der Waals surface area contributed by atoms with Crippen LogP contribution in [0.4, 0.5) is 11.4 Å². The van der Waals surface area contributed by atoms with Crippen LogP contribution in [-0.2, 0) is 0 Å². The molecule has 0 saturated carbocycles. The third kappa shape index (κ3) is 3.31. The molecular formula is C15H17N3O. The van der Waals surface area contributed by atoms with Gasteiger partial charge in [0.05, 0.1) is 0 Å². The van der Waals surface area contributed by atoms with Gasteiger partial charge >= 0.3 is 0 Å². The maximum Gasteiger partial charge on any atom is 0.255 e. The van der Waals surface area contributed by atoms with Crippen molar-refractivity contribution in [1.29, 1.82) is 0 Å². The predicted octanol–water partition coefficient (Wildman–Crippen LogP) is 2.71. The largest absolute Gasteiger partial charge is 0.378 e. The zero-order valence-electron chi connectivity index (χ0n) is 11.3. The smallest absolute Gasteiger partial charge is 0.255 e. The molecule has 0 fully saturated rings. The van der Waals surface area contributed by atoms with Crippen molar-refractivity contribution in [3.63, 3.8) is 0 Å². The summed E-state index contributed by atoms with van der Waals surface area (Å²) in [6, 6.07) is 11.2. The van der Waals surface area contributed by atoms with Crippen LogP contribution in [0.15, 0.2) is 42.6 Å². The molecule has 0 spiro atoms. The van der Waals surface area contributed by atoms with E-state index in [1.54, 1.807) is 18.3 Å². The molecule has 98 valence electrons. The van der Waals surface area contributed by atoms with Crippen molar-refractivity contribution in [2.45, 2.75) is 6.92 Å². The molecule has 1 N–H and O–H groups in total. The molecule has 19 heavy (non-hydrogen) atoms. The van der Waals surface area contributed by atoms with E-state index in [4.69, 9.17) is 0 Å². The van der Waals surface area contributed by atoms with E-state index in [1.807, 2.05) is 50.2 Å². The number of carbonyl (C=O) groups is 1. The molecule has 0 aliphatic carbocycles. The van der Waals surface area contributed by atoms with Crippen molar-refractivity contribution in [2.24, 2.45) is 0 Å². The molecule has 0 aliphatic rings. The molecule has 2 aromatic rings. The van der Waals surface area contributed by atoms with Crippen LogP contribution in [0.25, 0.3) is 0 Å². The van der Waals surface area contributed by atoms with Crippen LogP contribution in [0.1, 0.15) is 16.1 Å². The summed E-state index contributed by atoms with van der Waals surface area (Å²) >= 11 is 0. The second-order valence-corrected chi connectivity index (χ2v) is 4.58. The van der Waals surface area contributed by atoms with E-state index in [-0.39, 0.29) is 5.91 Å². The molecule has 4 heteroatoms. The Bertz CT molecular complexity index is 593. The van der Waals surface area contributed by atoms with Crippen molar-refractivity contribution in [1.82, 2.24) is 4.98 Å². The molecule has 1 aromatic heterocycles. The number of benzene rings is 1. The molecule has 0 atom stereocenters. The third-order valence-corrected chi connectivity index (χ3v) is 2.78. The number of pyridine rings is 1. The Kier molecular flexibility index (Phi) is 3.80. The van der Waals surface area contributed by atoms with Crippen molar-refractivity contribution >= 4 is 17.3 Å². The fourth-order valence-electron chi connectivity index (χ4n) is 1.75. The SMILES string of the molecule is Cc1cc(C(=O)Nc2cccc(N(C)C)c2)ccn1. The quantitative estimate of drug-likeness (QED) is 0.917. The van der Waals surface area contributed by atoms with E-state index in [0.29, 0.717) is 5.56 Å². The second kappa shape index (κ2) is 5.52. The number of carbonyl (C=O) groups excluding carboxylic acids is 1. The van der Waals surface area contributed by atoms with Crippen LogP contribution in [0.5, 0.6) is 0 Å². The van der Waals surface area contributed by atoms with Gasteiger partial charge in [-0.3, -0.25) is 9.78 Å². The molecule has 0 saturated heterocycles. The maximum absolute atomic E-state index is 12.1. The summed E-state index contributed by atoms with van der Waals surface area (Å²) in [5.74, 6) is -0.124. The average Bonchev–Trinajstić information content (AvgIpc) is 2.39. The number of nitrogens with zero attached hydrogens (tertiary/aromatic N) is 2. The lowest BCUT2D eigenvalue weighted by Crippen LogP contribution is -2.13. The molecule has 0 radical (unpaired) electrons.